The predicted molar refractivity (Wildman–Crippen MR) is 112 cm³/mol. The van der Waals surface area contributed by atoms with Crippen LogP contribution in [-0.2, 0) is 9.53 Å². The highest BCUT2D eigenvalue weighted by atomic mass is 16.5. The Hall–Kier alpha value is -2.44. The van der Waals surface area contributed by atoms with Gasteiger partial charge in [0.15, 0.2) is 11.5 Å². The van der Waals surface area contributed by atoms with Gasteiger partial charge >= 0.3 is 5.97 Å². The molecule has 0 unspecified atom stereocenters. The predicted octanol–water partition coefficient (Wildman–Crippen LogP) is 4.08. The molecule has 0 fully saturated rings. The van der Waals surface area contributed by atoms with Crippen LogP contribution in [0, 0.1) is 0 Å². The van der Waals surface area contributed by atoms with Gasteiger partial charge in [-0.05, 0) is 52.7 Å². The molecular formula is C22H35NO6. The van der Waals surface area contributed by atoms with Gasteiger partial charge in [0.25, 0.3) is 5.91 Å². The van der Waals surface area contributed by atoms with E-state index in [0.717, 1.165) is 19.3 Å². The van der Waals surface area contributed by atoms with Gasteiger partial charge in [-0.1, -0.05) is 6.42 Å². The number of ether oxygens (including phenoxy) is 4. The minimum absolute atomic E-state index is 0.109. The van der Waals surface area contributed by atoms with Crippen LogP contribution in [0.2, 0.25) is 0 Å². The maximum atomic E-state index is 13.3. The summed E-state index contributed by atoms with van der Waals surface area (Å²) in [4.78, 5) is 26.6. The van der Waals surface area contributed by atoms with Crippen molar-refractivity contribution in [1.82, 2.24) is 4.90 Å². The van der Waals surface area contributed by atoms with Crippen molar-refractivity contribution in [3.05, 3.63) is 17.7 Å². The lowest BCUT2D eigenvalue weighted by Crippen LogP contribution is -2.46. The Labute approximate surface area is 174 Å². The zero-order valence-corrected chi connectivity index (χ0v) is 18.8. The van der Waals surface area contributed by atoms with E-state index in [1.807, 2.05) is 25.7 Å². The molecule has 0 bridgehead atoms. The molecule has 164 valence electrons. The molecule has 0 heterocycles. The molecule has 0 aromatic heterocycles. The minimum atomic E-state index is -0.362. The topological polar surface area (TPSA) is 74.3 Å². The van der Waals surface area contributed by atoms with Gasteiger partial charge in [0, 0.05) is 24.1 Å². The number of carbonyl (C=O) groups excluding carboxylic acids is 2. The van der Waals surface area contributed by atoms with Crippen LogP contribution < -0.4 is 14.2 Å². The first-order valence-electron chi connectivity index (χ1n) is 9.97. The van der Waals surface area contributed by atoms with E-state index in [4.69, 9.17) is 18.9 Å². The van der Waals surface area contributed by atoms with E-state index in [1.54, 1.807) is 19.1 Å². The monoisotopic (exact) mass is 409 g/mol. The third-order valence-electron chi connectivity index (χ3n) is 4.53. The van der Waals surface area contributed by atoms with Gasteiger partial charge in [0.2, 0.25) is 5.75 Å². The van der Waals surface area contributed by atoms with Gasteiger partial charge in [0.05, 0.1) is 27.9 Å². The zero-order chi connectivity index (χ0) is 22.0. The number of carbonyl (C=O) groups is 2. The van der Waals surface area contributed by atoms with Crippen molar-refractivity contribution in [2.45, 2.75) is 58.9 Å². The Bertz CT molecular complexity index is 655. The molecule has 1 rings (SSSR count). The van der Waals surface area contributed by atoms with Crippen molar-refractivity contribution in [3.8, 4) is 17.2 Å². The van der Waals surface area contributed by atoms with E-state index in [-0.39, 0.29) is 17.4 Å². The highest BCUT2D eigenvalue weighted by molar-refractivity contribution is 5.96. The van der Waals surface area contributed by atoms with E-state index < -0.39 is 0 Å². The first-order valence-corrected chi connectivity index (χ1v) is 9.97. The second kappa shape index (κ2) is 11.5. The molecule has 1 aromatic rings. The van der Waals surface area contributed by atoms with Crippen LogP contribution in [0.4, 0.5) is 0 Å². The Balaban J connectivity index is 2.91. The average Bonchev–Trinajstić information content (AvgIpc) is 2.68. The van der Waals surface area contributed by atoms with E-state index in [2.05, 4.69) is 0 Å². The number of nitrogens with zero attached hydrogens (tertiary/aromatic N) is 1. The second-order valence-corrected chi connectivity index (χ2v) is 7.66. The molecule has 0 N–H and O–H groups in total. The molecule has 7 nitrogen and oxygen atoms in total. The Kier molecular flexibility index (Phi) is 9.78. The van der Waals surface area contributed by atoms with Crippen molar-refractivity contribution in [1.29, 1.82) is 0 Å². The molecule has 0 saturated heterocycles. The van der Waals surface area contributed by atoms with Crippen LogP contribution >= 0.6 is 0 Å². The van der Waals surface area contributed by atoms with Gasteiger partial charge in [0.1, 0.15) is 0 Å². The van der Waals surface area contributed by atoms with E-state index in [1.165, 1.54) is 21.3 Å². The third kappa shape index (κ3) is 7.15. The average molecular weight is 410 g/mol. The molecule has 0 atom stereocenters. The number of hydrogen-bond acceptors (Lipinski definition) is 6. The summed E-state index contributed by atoms with van der Waals surface area (Å²) in [5.74, 6) is 1.06. The summed E-state index contributed by atoms with van der Waals surface area (Å²) in [6.07, 6.45) is 2.79. The highest BCUT2D eigenvalue weighted by Gasteiger charge is 2.28. The van der Waals surface area contributed by atoms with Crippen molar-refractivity contribution in [2.24, 2.45) is 0 Å². The number of amides is 1. The summed E-state index contributed by atoms with van der Waals surface area (Å²) in [6.45, 7) is 8.79. The van der Waals surface area contributed by atoms with E-state index in [0.29, 0.717) is 42.4 Å². The number of rotatable bonds is 11. The molecule has 0 aliphatic rings. The van der Waals surface area contributed by atoms with E-state index >= 15 is 0 Å². The van der Waals surface area contributed by atoms with Gasteiger partial charge in [-0.2, -0.15) is 0 Å². The standard InChI is InChI=1S/C22H35NO6/c1-8-29-19(24)12-10-9-11-13-23(22(2,3)4)21(25)16-14-17(26-5)20(28-7)18(15-16)27-6/h14-15H,8-13H2,1-7H3. The Morgan fingerprint density at radius 1 is 0.931 bits per heavy atom. The molecule has 1 amide bonds. The number of benzene rings is 1. The van der Waals surface area contributed by atoms with Gasteiger partial charge in [-0.15, -0.1) is 0 Å². The molecule has 0 radical (unpaired) electrons. The second-order valence-electron chi connectivity index (χ2n) is 7.66. The first-order chi connectivity index (χ1) is 13.7. The normalized spacial score (nSPS) is 11.0. The molecule has 0 aliphatic carbocycles. The summed E-state index contributed by atoms with van der Waals surface area (Å²) < 4.78 is 21.0. The van der Waals surface area contributed by atoms with Crippen molar-refractivity contribution in [2.75, 3.05) is 34.5 Å². The van der Waals surface area contributed by atoms with E-state index in [9.17, 15) is 9.59 Å². The van der Waals surface area contributed by atoms with Crippen LogP contribution in [0.5, 0.6) is 17.2 Å². The van der Waals surface area contributed by atoms with Crippen molar-refractivity contribution < 1.29 is 28.5 Å². The summed E-state index contributed by atoms with van der Waals surface area (Å²) in [5, 5.41) is 0. The van der Waals surface area contributed by atoms with Crippen LogP contribution in [0.3, 0.4) is 0 Å². The lowest BCUT2D eigenvalue weighted by Gasteiger charge is -2.36. The maximum absolute atomic E-state index is 13.3. The molecule has 29 heavy (non-hydrogen) atoms. The summed E-state index contributed by atoms with van der Waals surface area (Å²) in [7, 11) is 4.58. The largest absolute Gasteiger partial charge is 0.493 e. The summed E-state index contributed by atoms with van der Waals surface area (Å²) >= 11 is 0. The lowest BCUT2D eigenvalue weighted by atomic mass is 10.0. The molecular weight excluding hydrogens is 374 g/mol. The molecule has 0 spiro atoms. The van der Waals surface area contributed by atoms with Gasteiger partial charge < -0.3 is 23.8 Å². The molecule has 7 heteroatoms. The lowest BCUT2D eigenvalue weighted by molar-refractivity contribution is -0.143. The zero-order valence-electron chi connectivity index (χ0n) is 18.8. The highest BCUT2D eigenvalue weighted by Crippen LogP contribution is 2.38. The van der Waals surface area contributed by atoms with Crippen LogP contribution in [0.15, 0.2) is 12.1 Å². The SMILES string of the molecule is CCOC(=O)CCCCCN(C(=O)c1cc(OC)c(OC)c(OC)c1)C(C)(C)C. The molecule has 1 aromatic carbocycles. The quantitative estimate of drug-likeness (QED) is 0.405. The number of unbranched alkanes of at least 4 members (excludes halogenated alkanes) is 2. The van der Waals surface area contributed by atoms with Gasteiger partial charge in [-0.25, -0.2) is 0 Å². The fraction of sp³-hybridized carbons (Fsp3) is 0.636. The minimum Gasteiger partial charge on any atom is -0.493 e. The molecule has 0 saturated carbocycles. The molecule has 0 aliphatic heterocycles. The first kappa shape index (κ1) is 24.6. The van der Waals surface area contributed by atoms with Crippen molar-refractivity contribution >= 4 is 11.9 Å². The summed E-state index contributed by atoms with van der Waals surface area (Å²) in [6, 6.07) is 3.34. The Morgan fingerprint density at radius 3 is 1.97 bits per heavy atom. The number of esters is 1. The smallest absolute Gasteiger partial charge is 0.305 e. The van der Waals surface area contributed by atoms with Crippen molar-refractivity contribution in [3.63, 3.8) is 0 Å². The fourth-order valence-electron chi connectivity index (χ4n) is 3.05. The summed E-state index contributed by atoms with van der Waals surface area (Å²) in [5.41, 5.74) is 0.111. The van der Waals surface area contributed by atoms with Crippen LogP contribution in [-0.4, -0.2) is 56.8 Å². The van der Waals surface area contributed by atoms with Crippen LogP contribution in [0.25, 0.3) is 0 Å². The maximum Gasteiger partial charge on any atom is 0.305 e. The number of hydrogen-bond donors (Lipinski definition) is 0. The fourth-order valence-corrected chi connectivity index (χ4v) is 3.05. The number of methoxy groups -OCH3 is 3. The third-order valence-corrected chi connectivity index (χ3v) is 4.53. The van der Waals surface area contributed by atoms with Crippen LogP contribution in [0.1, 0.15) is 63.7 Å². The van der Waals surface area contributed by atoms with Gasteiger partial charge in [-0.3, -0.25) is 9.59 Å². The Morgan fingerprint density at radius 2 is 1.52 bits per heavy atom.